The first-order chi connectivity index (χ1) is 13.1. The first-order valence-electron chi connectivity index (χ1n) is 8.65. The molecule has 0 saturated heterocycles. The van der Waals surface area contributed by atoms with E-state index in [0.29, 0.717) is 5.56 Å². The zero-order chi connectivity index (χ0) is 19.1. The molecule has 0 aliphatic heterocycles. The number of nitrogens with one attached hydrogen (secondary N) is 1. The van der Waals surface area contributed by atoms with Crippen molar-refractivity contribution < 1.29 is 4.79 Å². The fraction of sp³-hybridized carbons (Fsp3) is 0.0870. The number of thioether (sulfide) groups is 2. The van der Waals surface area contributed by atoms with Gasteiger partial charge in [0.25, 0.3) is 5.91 Å². The van der Waals surface area contributed by atoms with Crippen LogP contribution in [-0.4, -0.2) is 5.91 Å². The molecule has 4 heteroatoms. The zero-order valence-corrected chi connectivity index (χ0v) is 16.9. The van der Waals surface area contributed by atoms with Crippen molar-refractivity contribution in [2.75, 3.05) is 0 Å². The van der Waals surface area contributed by atoms with Gasteiger partial charge in [0.1, 0.15) is 0 Å². The van der Waals surface area contributed by atoms with Crippen LogP contribution in [0, 0.1) is 13.8 Å². The summed E-state index contributed by atoms with van der Waals surface area (Å²) in [5.41, 5.74) is 3.11. The molecule has 3 rings (SSSR count). The molecule has 0 aliphatic rings. The van der Waals surface area contributed by atoms with Gasteiger partial charge in [0.05, 0.1) is 4.24 Å². The summed E-state index contributed by atoms with van der Waals surface area (Å²) in [4.78, 5) is 14.6. The lowest BCUT2D eigenvalue weighted by molar-refractivity contribution is 0.0970. The maximum atomic E-state index is 12.4. The molecule has 0 spiro atoms. The quantitative estimate of drug-likeness (QED) is 0.492. The standard InChI is InChI=1S/C23H21NOS2/c1-17-8-12-20(13-9-17)26-22(27-21-14-10-18(2)11-15-21)16-24-23(25)19-6-4-3-5-7-19/h3-16H,1-2H3,(H,24,25). The van der Waals surface area contributed by atoms with Crippen molar-refractivity contribution in [3.63, 3.8) is 0 Å². The number of aryl methyl sites for hydroxylation is 2. The largest absolute Gasteiger partial charge is 0.327 e. The Kier molecular flexibility index (Phi) is 6.80. The Hall–Kier alpha value is -2.43. The predicted octanol–water partition coefficient (Wildman–Crippen LogP) is 6.42. The molecule has 136 valence electrons. The summed E-state index contributed by atoms with van der Waals surface area (Å²) >= 11 is 3.29. The highest BCUT2D eigenvalue weighted by atomic mass is 32.2. The van der Waals surface area contributed by atoms with Gasteiger partial charge in [0.15, 0.2) is 0 Å². The van der Waals surface area contributed by atoms with E-state index in [1.807, 2.05) is 30.3 Å². The summed E-state index contributed by atoms with van der Waals surface area (Å²) in [5, 5.41) is 2.92. The van der Waals surface area contributed by atoms with E-state index in [1.165, 1.54) is 11.1 Å². The molecule has 0 aliphatic carbocycles. The Morgan fingerprint density at radius 3 is 1.70 bits per heavy atom. The average Bonchev–Trinajstić information content (AvgIpc) is 2.70. The Bertz CT molecular complexity index is 867. The van der Waals surface area contributed by atoms with Crippen LogP contribution in [0.1, 0.15) is 21.5 Å². The van der Waals surface area contributed by atoms with Crippen molar-refractivity contribution in [1.29, 1.82) is 0 Å². The molecule has 0 aromatic heterocycles. The second-order valence-electron chi connectivity index (χ2n) is 6.13. The average molecular weight is 392 g/mol. The number of benzene rings is 3. The first kappa shape index (κ1) is 19.3. The van der Waals surface area contributed by atoms with Crippen LogP contribution >= 0.6 is 23.5 Å². The molecule has 27 heavy (non-hydrogen) atoms. The fourth-order valence-electron chi connectivity index (χ4n) is 2.32. The molecule has 0 saturated carbocycles. The maximum absolute atomic E-state index is 12.4. The lowest BCUT2D eigenvalue weighted by Crippen LogP contribution is -2.17. The van der Waals surface area contributed by atoms with Crippen molar-refractivity contribution in [3.8, 4) is 0 Å². The van der Waals surface area contributed by atoms with Crippen molar-refractivity contribution in [2.24, 2.45) is 0 Å². The van der Waals surface area contributed by atoms with Crippen LogP contribution < -0.4 is 5.32 Å². The lowest BCUT2D eigenvalue weighted by atomic mass is 10.2. The molecule has 1 amide bonds. The van der Waals surface area contributed by atoms with Crippen LogP contribution in [0.5, 0.6) is 0 Å². The van der Waals surface area contributed by atoms with E-state index in [-0.39, 0.29) is 5.91 Å². The molecule has 0 bridgehead atoms. The van der Waals surface area contributed by atoms with E-state index in [2.05, 4.69) is 67.7 Å². The van der Waals surface area contributed by atoms with Crippen LogP contribution in [-0.2, 0) is 0 Å². The molecule has 0 fully saturated rings. The van der Waals surface area contributed by atoms with E-state index < -0.39 is 0 Å². The SMILES string of the molecule is Cc1ccc(SC(=CNC(=O)c2ccccc2)Sc2ccc(C)cc2)cc1. The highest BCUT2D eigenvalue weighted by Gasteiger charge is 2.07. The van der Waals surface area contributed by atoms with E-state index in [4.69, 9.17) is 0 Å². The van der Waals surface area contributed by atoms with Crippen molar-refractivity contribution in [1.82, 2.24) is 5.32 Å². The third kappa shape index (κ3) is 6.05. The second kappa shape index (κ2) is 9.49. The molecule has 0 atom stereocenters. The van der Waals surface area contributed by atoms with E-state index >= 15 is 0 Å². The van der Waals surface area contributed by atoms with E-state index in [0.717, 1.165) is 14.0 Å². The lowest BCUT2D eigenvalue weighted by Gasteiger charge is -2.09. The molecule has 0 radical (unpaired) electrons. The summed E-state index contributed by atoms with van der Waals surface area (Å²) in [6, 6.07) is 26.0. The minimum atomic E-state index is -0.109. The Morgan fingerprint density at radius 1 is 0.741 bits per heavy atom. The molecule has 2 nitrogen and oxygen atoms in total. The summed E-state index contributed by atoms with van der Waals surface area (Å²) in [5.74, 6) is -0.109. The molecule has 0 unspecified atom stereocenters. The highest BCUT2D eigenvalue weighted by Crippen LogP contribution is 2.38. The van der Waals surface area contributed by atoms with Crippen LogP contribution in [0.15, 0.2) is 99.1 Å². The van der Waals surface area contributed by atoms with Gasteiger partial charge in [-0.05, 0) is 50.2 Å². The first-order valence-corrected chi connectivity index (χ1v) is 10.3. The third-order valence-corrected chi connectivity index (χ3v) is 5.99. The zero-order valence-electron chi connectivity index (χ0n) is 15.3. The summed E-state index contributed by atoms with van der Waals surface area (Å²) in [6.07, 6.45) is 1.80. The Labute approximate surface area is 169 Å². The molecule has 3 aromatic rings. The fourth-order valence-corrected chi connectivity index (χ4v) is 4.31. The molecule has 3 aromatic carbocycles. The highest BCUT2D eigenvalue weighted by molar-refractivity contribution is 8.22. The number of hydrogen-bond donors (Lipinski definition) is 1. The monoisotopic (exact) mass is 391 g/mol. The molecule has 0 heterocycles. The topological polar surface area (TPSA) is 29.1 Å². The van der Waals surface area contributed by atoms with Crippen molar-refractivity contribution in [2.45, 2.75) is 23.6 Å². The van der Waals surface area contributed by atoms with Gasteiger partial charge >= 0.3 is 0 Å². The van der Waals surface area contributed by atoms with E-state index in [9.17, 15) is 4.79 Å². The van der Waals surface area contributed by atoms with Crippen LogP contribution in [0.3, 0.4) is 0 Å². The number of rotatable bonds is 6. The number of carbonyl (C=O) groups excluding carboxylic acids is 1. The van der Waals surface area contributed by atoms with Gasteiger partial charge in [-0.3, -0.25) is 4.79 Å². The number of amides is 1. The smallest absolute Gasteiger partial charge is 0.255 e. The van der Waals surface area contributed by atoms with Gasteiger partial charge in [0.2, 0.25) is 0 Å². The molecular formula is C23H21NOS2. The predicted molar refractivity (Wildman–Crippen MR) is 116 cm³/mol. The molecular weight excluding hydrogens is 370 g/mol. The Balaban J connectivity index is 1.78. The van der Waals surface area contributed by atoms with Crippen LogP contribution in [0.4, 0.5) is 0 Å². The van der Waals surface area contributed by atoms with Crippen molar-refractivity contribution in [3.05, 3.63) is 106 Å². The van der Waals surface area contributed by atoms with Crippen LogP contribution in [0.2, 0.25) is 0 Å². The Morgan fingerprint density at radius 2 is 1.22 bits per heavy atom. The number of carbonyl (C=O) groups is 1. The molecule has 1 N–H and O–H groups in total. The van der Waals surface area contributed by atoms with Gasteiger partial charge in [0, 0.05) is 21.6 Å². The number of hydrogen-bond acceptors (Lipinski definition) is 3. The van der Waals surface area contributed by atoms with E-state index in [1.54, 1.807) is 29.7 Å². The third-order valence-electron chi connectivity index (χ3n) is 3.84. The minimum absolute atomic E-state index is 0.109. The van der Waals surface area contributed by atoms with Gasteiger partial charge in [-0.2, -0.15) is 0 Å². The van der Waals surface area contributed by atoms with Crippen molar-refractivity contribution >= 4 is 29.4 Å². The van der Waals surface area contributed by atoms with Gasteiger partial charge < -0.3 is 5.32 Å². The summed E-state index contributed by atoms with van der Waals surface area (Å²) in [6.45, 7) is 4.15. The summed E-state index contributed by atoms with van der Waals surface area (Å²) < 4.78 is 1.01. The normalized spacial score (nSPS) is 10.3. The minimum Gasteiger partial charge on any atom is -0.327 e. The van der Waals surface area contributed by atoms with Gasteiger partial charge in [-0.1, -0.05) is 77.1 Å². The second-order valence-corrected chi connectivity index (χ2v) is 8.62. The summed E-state index contributed by atoms with van der Waals surface area (Å²) in [7, 11) is 0. The maximum Gasteiger partial charge on any atom is 0.255 e. The van der Waals surface area contributed by atoms with Crippen LogP contribution in [0.25, 0.3) is 0 Å². The van der Waals surface area contributed by atoms with Gasteiger partial charge in [-0.15, -0.1) is 0 Å². The van der Waals surface area contributed by atoms with Gasteiger partial charge in [-0.25, -0.2) is 0 Å².